The molecular weight excluding hydrogens is 438 g/mol. The molecule has 0 aliphatic carbocycles. The summed E-state index contributed by atoms with van der Waals surface area (Å²) in [6.45, 7) is 0.135. The van der Waals surface area contributed by atoms with Crippen molar-refractivity contribution >= 4 is 34.3 Å². The van der Waals surface area contributed by atoms with E-state index in [0.717, 1.165) is 10.8 Å². The van der Waals surface area contributed by atoms with Gasteiger partial charge in [-0.05, 0) is 53.2 Å². The molecule has 4 rings (SSSR count). The standard InChI is InChI=1S/C26H21NO7/c1-31-25(29)18-11-19(26(30)32-2)13-20(12-18)27-24(28)23-10-9-22(34-23)15-33-21-8-7-16-5-3-4-6-17(16)14-21/h3-14H,15H2,1-2H3,(H,27,28). The summed E-state index contributed by atoms with van der Waals surface area (Å²) < 4.78 is 20.8. The van der Waals surface area contributed by atoms with Crippen LogP contribution in [0.5, 0.6) is 5.75 Å². The first-order chi connectivity index (χ1) is 16.5. The van der Waals surface area contributed by atoms with E-state index in [1.54, 1.807) is 6.07 Å². The second-order valence-electron chi connectivity index (χ2n) is 7.30. The molecule has 0 atom stereocenters. The lowest BCUT2D eigenvalue weighted by molar-refractivity contribution is 0.0599. The Morgan fingerprint density at radius 2 is 1.47 bits per heavy atom. The number of fused-ring (bicyclic) bond motifs is 1. The number of anilines is 1. The molecule has 1 N–H and O–H groups in total. The predicted molar refractivity (Wildman–Crippen MR) is 124 cm³/mol. The van der Waals surface area contributed by atoms with Gasteiger partial charge in [0.15, 0.2) is 5.76 Å². The minimum absolute atomic E-state index is 0.0419. The second-order valence-corrected chi connectivity index (χ2v) is 7.30. The minimum Gasteiger partial charge on any atom is -0.486 e. The lowest BCUT2D eigenvalue weighted by Crippen LogP contribution is -2.13. The van der Waals surface area contributed by atoms with Crippen molar-refractivity contribution in [3.63, 3.8) is 0 Å². The van der Waals surface area contributed by atoms with E-state index < -0.39 is 17.8 Å². The fourth-order valence-corrected chi connectivity index (χ4v) is 3.35. The van der Waals surface area contributed by atoms with Crippen LogP contribution in [0.15, 0.2) is 77.2 Å². The number of carbonyl (C=O) groups is 3. The average Bonchev–Trinajstić information content (AvgIpc) is 3.35. The van der Waals surface area contributed by atoms with Crippen LogP contribution in [0.2, 0.25) is 0 Å². The van der Waals surface area contributed by atoms with E-state index in [2.05, 4.69) is 5.32 Å². The Kier molecular flexibility index (Phi) is 6.59. The lowest BCUT2D eigenvalue weighted by atomic mass is 10.1. The maximum absolute atomic E-state index is 12.7. The molecule has 0 aliphatic rings. The third-order valence-corrected chi connectivity index (χ3v) is 5.02. The van der Waals surface area contributed by atoms with Crippen LogP contribution < -0.4 is 10.1 Å². The molecule has 8 heteroatoms. The van der Waals surface area contributed by atoms with Gasteiger partial charge in [-0.15, -0.1) is 0 Å². The van der Waals surface area contributed by atoms with E-state index in [4.69, 9.17) is 18.6 Å². The van der Waals surface area contributed by atoms with Gasteiger partial charge in [-0.25, -0.2) is 9.59 Å². The summed E-state index contributed by atoms with van der Waals surface area (Å²) >= 11 is 0. The number of esters is 2. The van der Waals surface area contributed by atoms with Gasteiger partial charge >= 0.3 is 11.9 Å². The zero-order chi connectivity index (χ0) is 24.1. The quantitative estimate of drug-likeness (QED) is 0.395. The zero-order valence-corrected chi connectivity index (χ0v) is 18.5. The summed E-state index contributed by atoms with van der Waals surface area (Å²) in [5.41, 5.74) is 0.382. The molecule has 0 radical (unpaired) electrons. The Balaban J connectivity index is 1.45. The maximum Gasteiger partial charge on any atom is 0.337 e. The van der Waals surface area contributed by atoms with E-state index in [0.29, 0.717) is 11.5 Å². The molecule has 0 aliphatic heterocycles. The molecule has 4 aromatic rings. The number of hydrogen-bond acceptors (Lipinski definition) is 7. The number of hydrogen-bond donors (Lipinski definition) is 1. The number of furan rings is 1. The first-order valence-corrected chi connectivity index (χ1v) is 10.3. The van der Waals surface area contributed by atoms with E-state index in [-0.39, 0.29) is 29.2 Å². The Morgan fingerprint density at radius 1 is 0.794 bits per heavy atom. The molecule has 34 heavy (non-hydrogen) atoms. The number of methoxy groups -OCH3 is 2. The van der Waals surface area contributed by atoms with Crippen LogP contribution in [0, 0.1) is 0 Å². The smallest absolute Gasteiger partial charge is 0.337 e. The number of amides is 1. The third-order valence-electron chi connectivity index (χ3n) is 5.02. The van der Waals surface area contributed by atoms with Crippen LogP contribution in [-0.2, 0) is 16.1 Å². The zero-order valence-electron chi connectivity index (χ0n) is 18.5. The van der Waals surface area contributed by atoms with Crippen molar-refractivity contribution in [3.8, 4) is 5.75 Å². The highest BCUT2D eigenvalue weighted by Crippen LogP contribution is 2.22. The Morgan fingerprint density at radius 3 is 2.15 bits per heavy atom. The van der Waals surface area contributed by atoms with E-state index in [1.807, 2.05) is 42.5 Å². The van der Waals surface area contributed by atoms with Gasteiger partial charge < -0.3 is 23.9 Å². The molecule has 0 saturated heterocycles. The van der Waals surface area contributed by atoms with E-state index >= 15 is 0 Å². The molecule has 0 saturated carbocycles. The fourth-order valence-electron chi connectivity index (χ4n) is 3.35. The Hall–Kier alpha value is -4.59. The van der Waals surface area contributed by atoms with Crippen molar-refractivity contribution in [2.45, 2.75) is 6.61 Å². The van der Waals surface area contributed by atoms with Gasteiger partial charge in [-0.1, -0.05) is 30.3 Å². The van der Waals surface area contributed by atoms with Crippen molar-refractivity contribution in [1.82, 2.24) is 0 Å². The van der Waals surface area contributed by atoms with Gasteiger partial charge in [-0.2, -0.15) is 0 Å². The van der Waals surface area contributed by atoms with Crippen LogP contribution in [-0.4, -0.2) is 32.1 Å². The molecule has 172 valence electrons. The van der Waals surface area contributed by atoms with Crippen LogP contribution in [0.3, 0.4) is 0 Å². The van der Waals surface area contributed by atoms with Crippen LogP contribution >= 0.6 is 0 Å². The summed E-state index contributed by atoms with van der Waals surface area (Å²) in [5.74, 6) is -0.706. The topological polar surface area (TPSA) is 104 Å². The van der Waals surface area contributed by atoms with Gasteiger partial charge in [-0.3, -0.25) is 4.79 Å². The predicted octanol–water partition coefficient (Wildman–Crippen LogP) is 4.84. The highest BCUT2D eigenvalue weighted by atomic mass is 16.5. The Labute approximate surface area is 195 Å². The summed E-state index contributed by atoms with van der Waals surface area (Å²) in [4.78, 5) is 36.5. The molecule has 1 aromatic heterocycles. The van der Waals surface area contributed by atoms with Crippen LogP contribution in [0.1, 0.15) is 37.0 Å². The molecule has 8 nitrogen and oxygen atoms in total. The molecule has 1 heterocycles. The number of rotatable bonds is 7. The molecule has 0 unspecified atom stereocenters. The van der Waals surface area contributed by atoms with Gasteiger partial charge in [0.05, 0.1) is 25.3 Å². The third kappa shape index (κ3) is 5.07. The fraction of sp³-hybridized carbons (Fsp3) is 0.115. The number of carbonyl (C=O) groups excluding carboxylic acids is 3. The number of benzene rings is 3. The monoisotopic (exact) mass is 459 g/mol. The van der Waals surface area contributed by atoms with Crippen LogP contribution in [0.4, 0.5) is 5.69 Å². The van der Waals surface area contributed by atoms with Gasteiger partial charge in [0.1, 0.15) is 18.1 Å². The Bertz CT molecular complexity index is 1340. The summed E-state index contributed by atoms with van der Waals surface area (Å²) in [5, 5.41) is 4.78. The minimum atomic E-state index is -0.660. The highest BCUT2D eigenvalue weighted by molar-refractivity contribution is 6.04. The van der Waals surface area contributed by atoms with Gasteiger partial charge in [0.2, 0.25) is 0 Å². The lowest BCUT2D eigenvalue weighted by Gasteiger charge is -2.09. The normalized spacial score (nSPS) is 10.5. The van der Waals surface area contributed by atoms with Crippen molar-refractivity contribution in [1.29, 1.82) is 0 Å². The summed E-state index contributed by atoms with van der Waals surface area (Å²) in [6, 6.07) is 21.0. The number of ether oxygens (including phenoxy) is 3. The maximum atomic E-state index is 12.7. The highest BCUT2D eigenvalue weighted by Gasteiger charge is 2.17. The van der Waals surface area contributed by atoms with E-state index in [9.17, 15) is 14.4 Å². The van der Waals surface area contributed by atoms with Crippen molar-refractivity contribution in [2.75, 3.05) is 19.5 Å². The molecular formula is C26H21NO7. The largest absolute Gasteiger partial charge is 0.486 e. The summed E-state index contributed by atoms with van der Waals surface area (Å²) in [6.07, 6.45) is 0. The van der Waals surface area contributed by atoms with E-state index in [1.165, 1.54) is 38.5 Å². The van der Waals surface area contributed by atoms with Crippen molar-refractivity contribution in [3.05, 3.63) is 95.4 Å². The molecule has 0 fully saturated rings. The second kappa shape index (κ2) is 9.91. The first kappa shape index (κ1) is 22.6. The van der Waals surface area contributed by atoms with Crippen molar-refractivity contribution < 1.29 is 33.0 Å². The molecule has 0 bridgehead atoms. The van der Waals surface area contributed by atoms with Gasteiger partial charge in [0, 0.05) is 5.69 Å². The average molecular weight is 459 g/mol. The van der Waals surface area contributed by atoms with Crippen molar-refractivity contribution in [2.24, 2.45) is 0 Å². The first-order valence-electron chi connectivity index (χ1n) is 10.3. The summed E-state index contributed by atoms with van der Waals surface area (Å²) in [7, 11) is 2.44. The van der Waals surface area contributed by atoms with Crippen LogP contribution in [0.25, 0.3) is 10.8 Å². The number of nitrogens with one attached hydrogen (secondary N) is 1. The SMILES string of the molecule is COC(=O)c1cc(NC(=O)c2ccc(COc3ccc4ccccc4c3)o2)cc(C(=O)OC)c1. The molecule has 3 aromatic carbocycles. The molecule has 0 spiro atoms. The molecule has 1 amide bonds. The van der Waals surface area contributed by atoms with Gasteiger partial charge in [0.25, 0.3) is 5.91 Å².